The minimum absolute atomic E-state index is 0.415. The quantitative estimate of drug-likeness (QED) is 0.635. The summed E-state index contributed by atoms with van der Waals surface area (Å²) < 4.78 is 5.32. The van der Waals surface area contributed by atoms with E-state index in [4.69, 9.17) is 4.74 Å². The highest BCUT2D eigenvalue weighted by Gasteiger charge is 2.27. The number of likely N-dealkylation sites (tertiary alicyclic amines) is 2. The van der Waals surface area contributed by atoms with E-state index in [1.807, 2.05) is 7.05 Å². The molecular formula is C20H32N4O. The number of benzene rings is 1. The first-order valence-corrected chi connectivity index (χ1v) is 9.55. The molecule has 2 aliphatic heterocycles. The van der Waals surface area contributed by atoms with E-state index in [0.717, 1.165) is 32.2 Å². The van der Waals surface area contributed by atoms with Crippen molar-refractivity contribution in [1.29, 1.82) is 0 Å². The van der Waals surface area contributed by atoms with Gasteiger partial charge in [-0.1, -0.05) is 30.3 Å². The molecule has 3 rings (SSSR count). The molecule has 2 fully saturated rings. The van der Waals surface area contributed by atoms with Crippen molar-refractivity contribution in [3.63, 3.8) is 0 Å². The van der Waals surface area contributed by atoms with Gasteiger partial charge in [-0.3, -0.25) is 9.89 Å². The molecule has 0 amide bonds. The normalized spacial score (nSPS) is 23.2. The number of rotatable bonds is 6. The second-order valence-corrected chi connectivity index (χ2v) is 7.15. The van der Waals surface area contributed by atoms with Gasteiger partial charge in [0.25, 0.3) is 0 Å². The summed E-state index contributed by atoms with van der Waals surface area (Å²) >= 11 is 0. The molecule has 0 aliphatic carbocycles. The van der Waals surface area contributed by atoms with Gasteiger partial charge < -0.3 is 15.0 Å². The molecule has 1 aromatic rings. The van der Waals surface area contributed by atoms with Crippen molar-refractivity contribution in [2.45, 2.75) is 25.3 Å². The lowest BCUT2D eigenvalue weighted by atomic mass is 10.1. The molecule has 2 atom stereocenters. The van der Waals surface area contributed by atoms with Crippen LogP contribution >= 0.6 is 0 Å². The third-order valence-electron chi connectivity index (χ3n) is 5.42. The molecular weight excluding hydrogens is 312 g/mol. The van der Waals surface area contributed by atoms with Crippen molar-refractivity contribution >= 4 is 5.96 Å². The van der Waals surface area contributed by atoms with Gasteiger partial charge in [0.15, 0.2) is 5.96 Å². The highest BCUT2D eigenvalue weighted by molar-refractivity contribution is 5.80. The molecule has 2 heterocycles. The molecule has 2 unspecified atom stereocenters. The molecule has 0 radical (unpaired) electrons. The van der Waals surface area contributed by atoms with Crippen LogP contribution in [0.4, 0.5) is 0 Å². The summed E-state index contributed by atoms with van der Waals surface area (Å²) in [4.78, 5) is 9.50. The molecule has 0 saturated carbocycles. The van der Waals surface area contributed by atoms with Crippen molar-refractivity contribution < 1.29 is 4.74 Å². The van der Waals surface area contributed by atoms with Crippen LogP contribution in [0, 0.1) is 5.92 Å². The highest BCUT2D eigenvalue weighted by atomic mass is 16.5. The van der Waals surface area contributed by atoms with Crippen LogP contribution in [0.15, 0.2) is 35.3 Å². The Bertz CT molecular complexity index is 542. The second kappa shape index (κ2) is 9.20. The smallest absolute Gasteiger partial charge is 0.193 e. The second-order valence-electron chi connectivity index (χ2n) is 7.15. The average Bonchev–Trinajstić information content (AvgIpc) is 3.32. The van der Waals surface area contributed by atoms with E-state index in [2.05, 4.69) is 50.4 Å². The predicted molar refractivity (Wildman–Crippen MR) is 103 cm³/mol. The van der Waals surface area contributed by atoms with Gasteiger partial charge in [0.05, 0.1) is 12.6 Å². The van der Waals surface area contributed by atoms with Crippen LogP contribution in [-0.4, -0.2) is 69.2 Å². The fourth-order valence-corrected chi connectivity index (χ4v) is 4.10. The van der Waals surface area contributed by atoms with Crippen LogP contribution in [0.5, 0.6) is 0 Å². The van der Waals surface area contributed by atoms with Gasteiger partial charge in [-0.05, 0) is 37.9 Å². The predicted octanol–water partition coefficient (Wildman–Crippen LogP) is 2.37. The summed E-state index contributed by atoms with van der Waals surface area (Å²) in [5.74, 6) is 1.64. The van der Waals surface area contributed by atoms with E-state index in [9.17, 15) is 0 Å². The maximum absolute atomic E-state index is 5.32. The topological polar surface area (TPSA) is 40.1 Å². The van der Waals surface area contributed by atoms with Crippen LogP contribution < -0.4 is 5.32 Å². The Balaban J connectivity index is 1.62. The number of hydrogen-bond acceptors (Lipinski definition) is 3. The fourth-order valence-electron chi connectivity index (χ4n) is 4.10. The summed E-state index contributed by atoms with van der Waals surface area (Å²) in [6, 6.07) is 11.3. The zero-order chi connectivity index (χ0) is 17.5. The monoisotopic (exact) mass is 344 g/mol. The van der Waals surface area contributed by atoms with Gasteiger partial charge in [-0.2, -0.15) is 0 Å². The molecule has 5 heteroatoms. The van der Waals surface area contributed by atoms with Gasteiger partial charge >= 0.3 is 0 Å². The van der Waals surface area contributed by atoms with E-state index in [1.54, 1.807) is 7.11 Å². The van der Waals surface area contributed by atoms with E-state index < -0.39 is 0 Å². The number of nitrogens with zero attached hydrogens (tertiary/aromatic N) is 3. The van der Waals surface area contributed by atoms with Crippen LogP contribution in [0.2, 0.25) is 0 Å². The minimum Gasteiger partial charge on any atom is -0.384 e. The number of hydrogen-bond donors (Lipinski definition) is 1. The summed E-state index contributed by atoms with van der Waals surface area (Å²) in [6.07, 6.45) is 3.80. The number of ether oxygens (including phenoxy) is 1. The van der Waals surface area contributed by atoms with Crippen molar-refractivity contribution in [1.82, 2.24) is 15.1 Å². The van der Waals surface area contributed by atoms with E-state index in [0.29, 0.717) is 12.0 Å². The molecule has 1 aromatic carbocycles. The van der Waals surface area contributed by atoms with Gasteiger partial charge in [0, 0.05) is 39.7 Å². The summed E-state index contributed by atoms with van der Waals surface area (Å²) in [5.41, 5.74) is 1.39. The molecule has 0 bridgehead atoms. The Morgan fingerprint density at radius 3 is 2.68 bits per heavy atom. The largest absolute Gasteiger partial charge is 0.384 e. The van der Waals surface area contributed by atoms with Crippen molar-refractivity contribution in [3.8, 4) is 0 Å². The highest BCUT2D eigenvalue weighted by Crippen LogP contribution is 2.24. The van der Waals surface area contributed by atoms with Crippen molar-refractivity contribution in [2.24, 2.45) is 10.9 Å². The first-order valence-electron chi connectivity index (χ1n) is 9.55. The van der Waals surface area contributed by atoms with E-state index >= 15 is 0 Å². The SMILES string of the molecule is CN=C(NCC(c1ccccc1)N1CCCC1)N1CCC(COC)C1. The molecule has 5 nitrogen and oxygen atoms in total. The van der Waals surface area contributed by atoms with Crippen LogP contribution in [0.1, 0.15) is 30.9 Å². The zero-order valence-corrected chi connectivity index (χ0v) is 15.7. The molecule has 0 spiro atoms. The lowest BCUT2D eigenvalue weighted by molar-refractivity contribution is 0.157. The number of aliphatic imine (C=N–C) groups is 1. The molecule has 0 aromatic heterocycles. The van der Waals surface area contributed by atoms with E-state index in [-0.39, 0.29) is 0 Å². The number of methoxy groups -OCH3 is 1. The van der Waals surface area contributed by atoms with Crippen molar-refractivity contribution in [3.05, 3.63) is 35.9 Å². The maximum Gasteiger partial charge on any atom is 0.193 e. The standard InChI is InChI=1S/C20H32N4O/c1-21-20(24-13-10-17(15-24)16-25-2)22-14-19(23-11-6-7-12-23)18-8-4-3-5-9-18/h3-5,8-9,17,19H,6-7,10-16H2,1-2H3,(H,21,22). The third kappa shape index (κ3) is 4.73. The molecule has 2 aliphatic rings. The minimum atomic E-state index is 0.415. The van der Waals surface area contributed by atoms with Crippen LogP contribution in [0.3, 0.4) is 0 Å². The number of nitrogens with one attached hydrogen (secondary N) is 1. The van der Waals surface area contributed by atoms with Crippen LogP contribution in [0.25, 0.3) is 0 Å². The summed E-state index contributed by atoms with van der Waals surface area (Å²) in [7, 11) is 3.68. The Labute approximate surface area is 152 Å². The van der Waals surface area contributed by atoms with Gasteiger partial charge in [-0.25, -0.2) is 0 Å². The Kier molecular flexibility index (Phi) is 6.70. The maximum atomic E-state index is 5.32. The first-order chi connectivity index (χ1) is 12.3. The molecule has 2 saturated heterocycles. The lowest BCUT2D eigenvalue weighted by Crippen LogP contribution is -2.44. The summed E-state index contributed by atoms with van der Waals surface area (Å²) in [6.45, 7) is 6.23. The van der Waals surface area contributed by atoms with Crippen molar-refractivity contribution in [2.75, 3.05) is 53.5 Å². The number of guanidine groups is 1. The fraction of sp³-hybridized carbons (Fsp3) is 0.650. The van der Waals surface area contributed by atoms with Gasteiger partial charge in [-0.15, -0.1) is 0 Å². The zero-order valence-electron chi connectivity index (χ0n) is 15.7. The molecule has 25 heavy (non-hydrogen) atoms. The Morgan fingerprint density at radius 2 is 2.00 bits per heavy atom. The van der Waals surface area contributed by atoms with E-state index in [1.165, 1.54) is 37.9 Å². The first kappa shape index (κ1) is 18.2. The third-order valence-corrected chi connectivity index (χ3v) is 5.42. The van der Waals surface area contributed by atoms with Gasteiger partial charge in [0.1, 0.15) is 0 Å². The Hall–Kier alpha value is -1.59. The molecule has 1 N–H and O–H groups in total. The molecule has 138 valence electrons. The van der Waals surface area contributed by atoms with Crippen LogP contribution in [-0.2, 0) is 4.74 Å². The Morgan fingerprint density at radius 1 is 1.24 bits per heavy atom. The summed E-state index contributed by atoms with van der Waals surface area (Å²) in [5, 5.41) is 3.64. The average molecular weight is 345 g/mol. The lowest BCUT2D eigenvalue weighted by Gasteiger charge is -2.30. The van der Waals surface area contributed by atoms with Gasteiger partial charge in [0.2, 0.25) is 0 Å².